The number of carbonyl (C=O) groups is 1. The minimum atomic E-state index is 0.0261. The van der Waals surface area contributed by atoms with Gasteiger partial charge < -0.3 is 24.5 Å². The summed E-state index contributed by atoms with van der Waals surface area (Å²) < 4.78 is 10.3. The number of ether oxygens (including phenoxy) is 1. The van der Waals surface area contributed by atoms with Crippen molar-refractivity contribution in [2.24, 2.45) is 12.8 Å². The Morgan fingerprint density at radius 2 is 2.03 bits per heavy atom. The van der Waals surface area contributed by atoms with Crippen molar-refractivity contribution in [2.75, 3.05) is 20.2 Å². The fraction of sp³-hybridized carbons (Fsp3) is 0.375. The van der Waals surface area contributed by atoms with Crippen LogP contribution < -0.4 is 10.5 Å². The summed E-state index contributed by atoms with van der Waals surface area (Å²) in [4.78, 5) is 16.4. The van der Waals surface area contributed by atoms with Crippen molar-refractivity contribution in [1.29, 1.82) is 0 Å². The Hall–Kier alpha value is -2.77. The molecule has 1 aromatic carbocycles. The van der Waals surface area contributed by atoms with Crippen LogP contribution in [0.1, 0.15) is 30.1 Å². The fourth-order valence-corrected chi connectivity index (χ4v) is 5.83. The van der Waals surface area contributed by atoms with E-state index in [1.807, 2.05) is 17.0 Å². The van der Waals surface area contributed by atoms with Gasteiger partial charge in [-0.25, -0.2) is 0 Å². The van der Waals surface area contributed by atoms with Crippen molar-refractivity contribution in [3.8, 4) is 17.1 Å². The van der Waals surface area contributed by atoms with Crippen LogP contribution in [0.5, 0.6) is 5.75 Å². The highest BCUT2D eigenvalue weighted by molar-refractivity contribution is 7.16. The van der Waals surface area contributed by atoms with Crippen molar-refractivity contribution in [3.05, 3.63) is 41.3 Å². The van der Waals surface area contributed by atoms with Gasteiger partial charge in [-0.05, 0) is 55.5 Å². The Kier molecular flexibility index (Phi) is 5.02. The zero-order valence-corrected chi connectivity index (χ0v) is 19.0. The van der Waals surface area contributed by atoms with E-state index in [2.05, 4.69) is 46.7 Å². The average molecular weight is 437 g/mol. The number of hydrogen-bond donors (Lipinski definition) is 1. The van der Waals surface area contributed by atoms with Gasteiger partial charge in [0.25, 0.3) is 5.91 Å². The van der Waals surface area contributed by atoms with Gasteiger partial charge in [0.15, 0.2) is 0 Å². The number of benzene rings is 1. The van der Waals surface area contributed by atoms with Crippen LogP contribution in [-0.2, 0) is 13.6 Å². The van der Waals surface area contributed by atoms with Crippen molar-refractivity contribution < 1.29 is 9.53 Å². The molecule has 31 heavy (non-hydrogen) atoms. The number of thiophene rings is 1. The smallest absolute Gasteiger partial charge is 0.254 e. The number of nitrogens with zero attached hydrogens (tertiary/aromatic N) is 3. The maximum absolute atomic E-state index is 13.2. The summed E-state index contributed by atoms with van der Waals surface area (Å²) in [6.07, 6.45) is 1.93. The molecule has 1 aliphatic heterocycles. The number of aromatic nitrogens is 2. The molecule has 6 nitrogen and oxygen atoms in total. The molecule has 1 fully saturated rings. The minimum absolute atomic E-state index is 0.0261. The first-order valence-electron chi connectivity index (χ1n) is 10.8. The van der Waals surface area contributed by atoms with E-state index in [1.54, 1.807) is 18.4 Å². The van der Waals surface area contributed by atoms with Crippen molar-refractivity contribution >= 4 is 38.4 Å². The summed E-state index contributed by atoms with van der Waals surface area (Å²) >= 11 is 1.77. The van der Waals surface area contributed by atoms with Crippen LogP contribution in [0.4, 0.5) is 0 Å². The third-order valence-electron chi connectivity index (χ3n) is 6.39. The largest absolute Gasteiger partial charge is 0.495 e. The summed E-state index contributed by atoms with van der Waals surface area (Å²) in [5.41, 5.74) is 10.0. The number of hydrogen-bond acceptors (Lipinski definition) is 4. The third kappa shape index (κ3) is 3.23. The van der Waals surface area contributed by atoms with E-state index in [4.69, 9.17) is 10.5 Å². The molecule has 0 bridgehead atoms. The highest BCUT2D eigenvalue weighted by Gasteiger charge is 2.25. The van der Waals surface area contributed by atoms with Gasteiger partial charge in [0.1, 0.15) is 10.6 Å². The van der Waals surface area contributed by atoms with Crippen molar-refractivity contribution in [2.45, 2.75) is 32.4 Å². The lowest BCUT2D eigenvalue weighted by Crippen LogP contribution is -2.45. The lowest BCUT2D eigenvalue weighted by molar-refractivity contribution is 0.0708. The molecule has 4 heterocycles. The van der Waals surface area contributed by atoms with Crippen LogP contribution >= 0.6 is 11.3 Å². The van der Waals surface area contributed by atoms with Crippen LogP contribution in [0.15, 0.2) is 35.7 Å². The van der Waals surface area contributed by atoms with E-state index < -0.39 is 0 Å². The number of methoxy groups -OCH3 is 1. The molecule has 0 saturated carbocycles. The molecule has 162 valence electrons. The van der Waals surface area contributed by atoms with Gasteiger partial charge in [0.05, 0.1) is 24.0 Å². The predicted octanol–water partition coefficient (Wildman–Crippen LogP) is 4.45. The topological polar surface area (TPSA) is 65.4 Å². The van der Waals surface area contributed by atoms with E-state index in [0.29, 0.717) is 17.9 Å². The lowest BCUT2D eigenvalue weighted by Gasteiger charge is -2.31. The summed E-state index contributed by atoms with van der Waals surface area (Å²) in [6, 6.07) is 10.5. The zero-order valence-electron chi connectivity index (χ0n) is 18.2. The molecule has 3 aromatic heterocycles. The number of rotatable bonds is 4. The van der Waals surface area contributed by atoms with E-state index in [0.717, 1.165) is 42.5 Å². The number of amides is 1. The van der Waals surface area contributed by atoms with E-state index >= 15 is 0 Å². The molecule has 4 aromatic rings. The standard InChI is InChI=1S/C24H28N4O2S/c1-4-28-20(11-15-7-9-31-24(15)28)19-12-16-10-17(13-21(30-3)22(16)26(19)2)23(29)27-8-5-6-18(25)14-27/h7,9-13,18H,4-6,8,14,25H2,1-3H3/t18-/m1/s1. The number of carbonyl (C=O) groups excluding carboxylic acids is 1. The first-order chi connectivity index (χ1) is 15.0. The molecular formula is C24H28N4O2S. The van der Waals surface area contributed by atoms with Crippen LogP contribution in [0.3, 0.4) is 0 Å². The van der Waals surface area contributed by atoms with E-state index in [-0.39, 0.29) is 11.9 Å². The summed E-state index contributed by atoms with van der Waals surface area (Å²) in [5, 5.41) is 4.40. The molecule has 0 unspecified atom stereocenters. The van der Waals surface area contributed by atoms with Crippen LogP contribution in [0.2, 0.25) is 0 Å². The summed E-state index contributed by atoms with van der Waals surface area (Å²) in [7, 11) is 3.73. The third-order valence-corrected chi connectivity index (χ3v) is 7.34. The number of fused-ring (bicyclic) bond motifs is 2. The molecule has 7 heteroatoms. The second kappa shape index (κ2) is 7.73. The first-order valence-corrected chi connectivity index (χ1v) is 11.7. The van der Waals surface area contributed by atoms with Gasteiger partial charge in [-0.15, -0.1) is 11.3 Å². The second-order valence-electron chi connectivity index (χ2n) is 8.31. The molecule has 0 aliphatic carbocycles. The highest BCUT2D eigenvalue weighted by Crippen LogP contribution is 2.37. The predicted molar refractivity (Wildman–Crippen MR) is 127 cm³/mol. The van der Waals surface area contributed by atoms with Crippen LogP contribution in [0.25, 0.3) is 32.5 Å². The van der Waals surface area contributed by atoms with Gasteiger partial charge in [-0.1, -0.05) is 0 Å². The van der Waals surface area contributed by atoms with Crippen LogP contribution in [0, 0.1) is 0 Å². The maximum atomic E-state index is 13.2. The second-order valence-corrected chi connectivity index (χ2v) is 9.21. The lowest BCUT2D eigenvalue weighted by atomic mass is 10.0. The Labute approximate surface area is 185 Å². The number of nitrogens with two attached hydrogens (primary N) is 1. The number of likely N-dealkylation sites (tertiary alicyclic amines) is 1. The molecule has 2 N–H and O–H groups in total. The van der Waals surface area contributed by atoms with Gasteiger partial charge in [0.2, 0.25) is 0 Å². The summed E-state index contributed by atoms with van der Waals surface area (Å²) in [5.74, 6) is 0.741. The molecule has 1 aliphatic rings. The highest BCUT2D eigenvalue weighted by atomic mass is 32.1. The molecule has 1 saturated heterocycles. The average Bonchev–Trinajstić information content (AvgIpc) is 3.45. The molecular weight excluding hydrogens is 408 g/mol. The van der Waals surface area contributed by atoms with Gasteiger partial charge in [0, 0.05) is 49.1 Å². The molecule has 1 amide bonds. The van der Waals surface area contributed by atoms with Gasteiger partial charge in [-0.2, -0.15) is 0 Å². The molecule has 5 rings (SSSR count). The normalized spacial score (nSPS) is 17.0. The SMILES string of the molecule is CCn1c(-c2cc3cc(C(=O)N4CCC[C@@H](N)C4)cc(OC)c3n2C)cc2ccsc21. The Morgan fingerprint density at radius 1 is 1.23 bits per heavy atom. The number of piperidine rings is 1. The Bertz CT molecular complexity index is 1280. The summed E-state index contributed by atoms with van der Waals surface area (Å²) in [6.45, 7) is 4.44. The maximum Gasteiger partial charge on any atom is 0.254 e. The Balaban J connectivity index is 1.63. The van der Waals surface area contributed by atoms with Gasteiger partial charge >= 0.3 is 0 Å². The Morgan fingerprint density at radius 3 is 2.77 bits per heavy atom. The van der Waals surface area contributed by atoms with E-state index in [9.17, 15) is 4.79 Å². The monoisotopic (exact) mass is 436 g/mol. The minimum Gasteiger partial charge on any atom is -0.495 e. The van der Waals surface area contributed by atoms with Gasteiger partial charge in [-0.3, -0.25) is 4.79 Å². The van der Waals surface area contributed by atoms with Crippen molar-refractivity contribution in [3.63, 3.8) is 0 Å². The quantitative estimate of drug-likeness (QED) is 0.514. The van der Waals surface area contributed by atoms with E-state index in [1.165, 1.54) is 15.9 Å². The zero-order chi connectivity index (χ0) is 21.7. The molecule has 0 spiro atoms. The first kappa shape index (κ1) is 20.2. The molecule has 0 radical (unpaired) electrons. The van der Waals surface area contributed by atoms with Crippen molar-refractivity contribution in [1.82, 2.24) is 14.0 Å². The number of aryl methyl sites for hydroxylation is 2. The molecule has 1 atom stereocenters. The van der Waals surface area contributed by atoms with Crippen LogP contribution in [-0.4, -0.2) is 46.2 Å². The fourth-order valence-electron chi connectivity index (χ4n) is 4.87.